The van der Waals surface area contributed by atoms with Gasteiger partial charge in [0.15, 0.2) is 0 Å². The second kappa shape index (κ2) is 13.3. The number of carbonyl (C=O) groups excluding carboxylic acids is 3. The number of carboxylic acid groups (broad SMARTS) is 1. The Morgan fingerprint density at radius 2 is 1.35 bits per heavy atom. The smallest absolute Gasteiger partial charge is 0.510 e. The summed E-state index contributed by atoms with van der Waals surface area (Å²) in [6.07, 6.45) is -0.508. The van der Waals surface area contributed by atoms with Gasteiger partial charge in [0.2, 0.25) is 11.9 Å². The zero-order valence-corrected chi connectivity index (χ0v) is 24.1. The van der Waals surface area contributed by atoms with Gasteiger partial charge in [0.05, 0.1) is 32.3 Å². The number of nitrogens with zero attached hydrogens (tertiary/aromatic N) is 1. The number of quaternary nitrogens is 1. The lowest BCUT2D eigenvalue weighted by molar-refractivity contribution is -0.956. The van der Waals surface area contributed by atoms with Crippen LogP contribution in [0.2, 0.25) is 0 Å². The highest BCUT2D eigenvalue weighted by Crippen LogP contribution is 2.47. The maximum absolute atomic E-state index is 14.2. The van der Waals surface area contributed by atoms with Gasteiger partial charge < -0.3 is 33.3 Å². The standard InChI is InChI=1S/C29H36NO6.C2HF3O2/c1-21(34-28(32)33-2)36-29(22-11-5-3-6-12-22,23-13-7-4-8-14-23)27(31)35-26-19-24-15-16-25(20-26)30(24)17-9-10-18-30;3-2(4,5)1(6)7/h3-8,11-14,21,24-26H,9-10,15-20H2,1-2H3;(H,6,7)/q+1;/p-1. The highest BCUT2D eigenvalue weighted by molar-refractivity contribution is 5.86. The molecule has 3 aliphatic rings. The fraction of sp³-hybridized carbons (Fsp3) is 0.516. The largest absolute Gasteiger partial charge is 0.542 e. The number of methoxy groups -OCH3 is 1. The molecule has 43 heavy (non-hydrogen) atoms. The average Bonchev–Trinajstić information content (AvgIpc) is 3.53. The van der Waals surface area contributed by atoms with Crippen molar-refractivity contribution in [1.82, 2.24) is 0 Å². The molecule has 3 saturated heterocycles. The molecule has 3 fully saturated rings. The van der Waals surface area contributed by atoms with Crippen LogP contribution in [0.15, 0.2) is 60.7 Å². The molecule has 0 aromatic heterocycles. The van der Waals surface area contributed by atoms with E-state index in [1.54, 1.807) is 6.92 Å². The van der Waals surface area contributed by atoms with E-state index in [9.17, 15) is 22.8 Å². The topological polar surface area (TPSA) is 111 Å². The summed E-state index contributed by atoms with van der Waals surface area (Å²) >= 11 is 0. The number of hydrogen-bond donors (Lipinski definition) is 0. The molecule has 9 nitrogen and oxygen atoms in total. The fourth-order valence-electron chi connectivity index (χ4n) is 6.93. The number of benzene rings is 2. The molecule has 12 heteroatoms. The van der Waals surface area contributed by atoms with Gasteiger partial charge in [0.25, 0.3) is 0 Å². The van der Waals surface area contributed by atoms with Crippen molar-refractivity contribution in [2.24, 2.45) is 0 Å². The summed E-state index contributed by atoms with van der Waals surface area (Å²) in [7, 11) is 1.23. The first kappa shape index (κ1) is 32.3. The summed E-state index contributed by atoms with van der Waals surface area (Å²) in [6.45, 7) is 4.10. The van der Waals surface area contributed by atoms with E-state index in [-0.39, 0.29) is 6.10 Å². The lowest BCUT2D eigenvalue weighted by Crippen LogP contribution is -2.60. The van der Waals surface area contributed by atoms with Gasteiger partial charge in [-0.2, -0.15) is 13.2 Å². The minimum atomic E-state index is -5.19. The second-order valence-corrected chi connectivity index (χ2v) is 11.1. The number of halogens is 3. The van der Waals surface area contributed by atoms with Crippen LogP contribution in [0.25, 0.3) is 0 Å². The molecule has 0 aliphatic carbocycles. The highest BCUT2D eigenvalue weighted by atomic mass is 19.4. The average molecular weight is 608 g/mol. The molecule has 5 rings (SSSR count). The molecular formula is C31H36F3NO8. The van der Waals surface area contributed by atoms with Crippen molar-refractivity contribution in [2.75, 3.05) is 20.2 Å². The van der Waals surface area contributed by atoms with E-state index < -0.39 is 36.2 Å². The van der Waals surface area contributed by atoms with Crippen molar-refractivity contribution in [1.29, 1.82) is 0 Å². The van der Waals surface area contributed by atoms with Crippen LogP contribution < -0.4 is 5.11 Å². The predicted molar refractivity (Wildman–Crippen MR) is 144 cm³/mol. The van der Waals surface area contributed by atoms with E-state index in [4.69, 9.17) is 24.1 Å². The number of ether oxygens (including phenoxy) is 4. The molecule has 3 unspecified atom stereocenters. The zero-order valence-electron chi connectivity index (χ0n) is 24.1. The normalized spacial score (nSPS) is 23.0. The van der Waals surface area contributed by atoms with E-state index in [1.165, 1.54) is 50.4 Å². The second-order valence-electron chi connectivity index (χ2n) is 11.1. The van der Waals surface area contributed by atoms with Crippen LogP contribution in [-0.4, -0.2) is 73.4 Å². The van der Waals surface area contributed by atoms with Crippen LogP contribution in [0.4, 0.5) is 18.0 Å². The van der Waals surface area contributed by atoms with Crippen LogP contribution in [-0.2, 0) is 34.1 Å². The molecular weight excluding hydrogens is 571 g/mol. The molecule has 0 saturated carbocycles. The molecule has 3 atom stereocenters. The maximum Gasteiger partial charge on any atom is 0.510 e. The Kier molecular flexibility index (Phi) is 10.0. The fourth-order valence-corrected chi connectivity index (χ4v) is 6.93. The molecule has 0 N–H and O–H groups in total. The third kappa shape index (κ3) is 6.96. The van der Waals surface area contributed by atoms with Gasteiger partial charge in [-0.25, -0.2) is 9.59 Å². The molecule has 2 aromatic rings. The summed E-state index contributed by atoms with van der Waals surface area (Å²) in [5, 5.41) is 8.78. The third-order valence-electron chi connectivity index (χ3n) is 8.68. The van der Waals surface area contributed by atoms with Crippen molar-refractivity contribution >= 4 is 18.1 Å². The number of alkyl halides is 3. The Balaban J connectivity index is 0.000000541. The van der Waals surface area contributed by atoms with Gasteiger partial charge in [0.1, 0.15) is 12.1 Å². The highest BCUT2D eigenvalue weighted by Gasteiger charge is 2.57. The van der Waals surface area contributed by atoms with Crippen molar-refractivity contribution in [3.05, 3.63) is 71.8 Å². The van der Waals surface area contributed by atoms with Gasteiger partial charge in [-0.3, -0.25) is 0 Å². The van der Waals surface area contributed by atoms with Crippen LogP contribution in [0.3, 0.4) is 0 Å². The molecule has 3 aliphatic heterocycles. The molecule has 2 aromatic carbocycles. The number of piperidine rings is 1. The molecule has 0 radical (unpaired) electrons. The Bertz CT molecular complexity index is 1200. The Morgan fingerprint density at radius 1 is 0.884 bits per heavy atom. The predicted octanol–water partition coefficient (Wildman–Crippen LogP) is 4.22. The van der Waals surface area contributed by atoms with Crippen molar-refractivity contribution < 1.29 is 56.1 Å². The van der Waals surface area contributed by atoms with Crippen LogP contribution in [0, 0.1) is 0 Å². The van der Waals surface area contributed by atoms with Crippen LogP contribution in [0.1, 0.15) is 56.6 Å². The monoisotopic (exact) mass is 607 g/mol. The van der Waals surface area contributed by atoms with Gasteiger partial charge in [0, 0.05) is 38.5 Å². The third-order valence-corrected chi connectivity index (χ3v) is 8.68. The number of esters is 1. The first-order valence-electron chi connectivity index (χ1n) is 14.3. The summed E-state index contributed by atoms with van der Waals surface area (Å²) < 4.78 is 55.4. The quantitative estimate of drug-likeness (QED) is 0.262. The van der Waals surface area contributed by atoms with Gasteiger partial charge in [-0.1, -0.05) is 60.7 Å². The summed E-state index contributed by atoms with van der Waals surface area (Å²) in [5.41, 5.74) is -0.376. The zero-order chi connectivity index (χ0) is 31.3. The molecule has 234 valence electrons. The van der Waals surface area contributed by atoms with Gasteiger partial charge >= 0.3 is 18.3 Å². The van der Waals surface area contributed by atoms with E-state index >= 15 is 0 Å². The van der Waals surface area contributed by atoms with Gasteiger partial charge in [-0.15, -0.1) is 0 Å². The number of rotatable bonds is 7. The van der Waals surface area contributed by atoms with Crippen molar-refractivity contribution in [3.63, 3.8) is 0 Å². The summed E-state index contributed by atoms with van der Waals surface area (Å²) in [5.74, 6) is -3.49. The minimum Gasteiger partial charge on any atom is -0.542 e. The number of carbonyl (C=O) groups is 3. The Hall–Kier alpha value is -3.64. The molecule has 1 spiro atoms. The molecule has 0 amide bonds. The van der Waals surface area contributed by atoms with Gasteiger partial charge in [-0.05, 0) is 18.1 Å². The lowest BCUT2D eigenvalue weighted by atomic mass is 9.85. The number of hydrogen-bond acceptors (Lipinski definition) is 8. The molecule has 3 heterocycles. The first-order chi connectivity index (χ1) is 20.4. The van der Waals surface area contributed by atoms with E-state index in [2.05, 4.69) is 4.74 Å². The minimum absolute atomic E-state index is 0.161. The molecule has 2 bridgehead atoms. The summed E-state index contributed by atoms with van der Waals surface area (Å²) in [6, 6.07) is 19.7. The number of carboxylic acids is 1. The van der Waals surface area contributed by atoms with Crippen LogP contribution >= 0.6 is 0 Å². The van der Waals surface area contributed by atoms with E-state index in [1.807, 2.05) is 60.7 Å². The number of aliphatic carboxylic acids is 1. The SMILES string of the molecule is COC(=O)OC(C)OC(C(=O)OC1CC2CCC(C1)[N+]21CCCC1)(c1ccccc1)c1ccccc1.O=C([O-])C(F)(F)F. The Morgan fingerprint density at radius 3 is 1.77 bits per heavy atom. The van der Waals surface area contributed by atoms with E-state index in [0.29, 0.717) is 23.2 Å². The lowest BCUT2D eigenvalue weighted by Gasteiger charge is -2.47. The first-order valence-corrected chi connectivity index (χ1v) is 14.3. The van der Waals surface area contributed by atoms with Crippen molar-refractivity contribution in [3.8, 4) is 0 Å². The Labute approximate surface area is 248 Å². The maximum atomic E-state index is 14.2. The van der Waals surface area contributed by atoms with E-state index in [0.717, 1.165) is 12.8 Å². The summed E-state index contributed by atoms with van der Waals surface area (Å²) in [4.78, 5) is 34.9. The van der Waals surface area contributed by atoms with Crippen molar-refractivity contribution in [2.45, 2.75) is 81.7 Å². The van der Waals surface area contributed by atoms with Crippen LogP contribution in [0.5, 0.6) is 0 Å².